The highest BCUT2D eigenvalue weighted by Gasteiger charge is 2.22. The van der Waals surface area contributed by atoms with Crippen LogP contribution in [0.15, 0.2) is 48.7 Å². The van der Waals surface area contributed by atoms with Crippen LogP contribution < -0.4 is 20.7 Å². The number of nitrogens with zero attached hydrogens (tertiary/aromatic N) is 3. The number of piperidine rings is 1. The number of ketones is 1. The Morgan fingerprint density at radius 3 is 2.50 bits per heavy atom. The predicted octanol–water partition coefficient (Wildman–Crippen LogP) is 5.96. The summed E-state index contributed by atoms with van der Waals surface area (Å²) in [5, 5.41) is 9.37. The largest absolute Gasteiger partial charge is 0.495 e. The lowest BCUT2D eigenvalue weighted by Gasteiger charge is -2.32. The van der Waals surface area contributed by atoms with Gasteiger partial charge in [0.25, 0.3) is 5.91 Å². The molecule has 0 bridgehead atoms. The third-order valence-electron chi connectivity index (χ3n) is 7.99. The maximum Gasteiger partial charge on any atom is 0.253 e. The number of likely N-dealkylation sites (tertiary alicyclic amines) is 1. The van der Waals surface area contributed by atoms with E-state index in [-0.39, 0.29) is 11.7 Å². The van der Waals surface area contributed by atoms with Gasteiger partial charge in [-0.1, -0.05) is 36.7 Å². The van der Waals surface area contributed by atoms with Crippen molar-refractivity contribution in [2.45, 2.75) is 44.9 Å². The van der Waals surface area contributed by atoms with Gasteiger partial charge in [-0.3, -0.25) is 9.59 Å². The number of benzene rings is 2. The van der Waals surface area contributed by atoms with Gasteiger partial charge in [0.05, 0.1) is 50.1 Å². The van der Waals surface area contributed by atoms with Crippen LogP contribution in [-0.2, 0) is 14.3 Å². The number of halogens is 1. The Bertz CT molecular complexity index is 1430. The Balaban J connectivity index is 1.25. The molecule has 2 heterocycles. The molecule has 0 unspecified atom stereocenters. The van der Waals surface area contributed by atoms with Crippen LogP contribution in [0.1, 0.15) is 60.9 Å². The number of nitrogens with one attached hydrogen (secondary N) is 3. The zero-order valence-electron chi connectivity index (χ0n) is 26.9. The highest BCUT2D eigenvalue weighted by atomic mass is 35.5. The average molecular weight is 653 g/mol. The van der Waals surface area contributed by atoms with E-state index < -0.39 is 0 Å². The molecule has 0 saturated carbocycles. The molecule has 1 fully saturated rings. The van der Waals surface area contributed by atoms with Gasteiger partial charge in [0, 0.05) is 33.0 Å². The summed E-state index contributed by atoms with van der Waals surface area (Å²) in [7, 11) is 3.23. The van der Waals surface area contributed by atoms with Crippen LogP contribution in [-0.4, -0.2) is 86.8 Å². The molecular weight excluding hydrogens is 608 g/mol. The SMILES string of the molecule is CCC(=O)CCCOCCOCCN1CCC(c2ccc(Nc3ncc(Cl)c(Nc4ccccc4C(=O)NC)n3)c(OC)c2)CC1. The second kappa shape index (κ2) is 18.4. The number of hydrogen-bond donors (Lipinski definition) is 3. The van der Waals surface area contributed by atoms with Crippen molar-refractivity contribution in [1.82, 2.24) is 20.2 Å². The Labute approximate surface area is 276 Å². The molecule has 1 aromatic heterocycles. The number of Topliss-reactive ketones (excluding diaryl/α,β-unsaturated/α-hetero) is 1. The Kier molecular flexibility index (Phi) is 14.0. The Hall–Kier alpha value is -3.77. The second-order valence-electron chi connectivity index (χ2n) is 11.1. The monoisotopic (exact) mass is 652 g/mol. The fraction of sp³-hybridized carbons (Fsp3) is 0.471. The van der Waals surface area contributed by atoms with Gasteiger partial charge in [0.1, 0.15) is 16.6 Å². The Morgan fingerprint density at radius 1 is 1.00 bits per heavy atom. The summed E-state index contributed by atoms with van der Waals surface area (Å²) in [4.78, 5) is 35.0. The molecule has 1 amide bonds. The summed E-state index contributed by atoms with van der Waals surface area (Å²) in [5.74, 6) is 1.91. The topological polar surface area (TPSA) is 127 Å². The number of ether oxygens (including phenoxy) is 3. The van der Waals surface area contributed by atoms with E-state index in [0.717, 1.165) is 44.6 Å². The molecule has 2 aromatic carbocycles. The summed E-state index contributed by atoms with van der Waals surface area (Å²) < 4.78 is 17.1. The van der Waals surface area contributed by atoms with Crippen LogP contribution in [0.4, 0.5) is 23.1 Å². The first-order chi connectivity index (χ1) is 22.4. The third kappa shape index (κ3) is 10.4. The number of amides is 1. The molecule has 1 saturated heterocycles. The predicted molar refractivity (Wildman–Crippen MR) is 181 cm³/mol. The van der Waals surface area contributed by atoms with E-state index in [1.807, 2.05) is 19.1 Å². The van der Waals surface area contributed by atoms with E-state index in [1.165, 1.54) is 11.8 Å². The minimum Gasteiger partial charge on any atom is -0.495 e. The number of carbonyl (C=O) groups is 2. The van der Waals surface area contributed by atoms with Crippen LogP contribution in [0.5, 0.6) is 5.75 Å². The number of rotatable bonds is 18. The van der Waals surface area contributed by atoms with E-state index in [2.05, 4.69) is 43.0 Å². The molecule has 1 aliphatic rings. The summed E-state index contributed by atoms with van der Waals surface area (Å²) in [5.41, 5.74) is 3.02. The fourth-order valence-electron chi connectivity index (χ4n) is 5.31. The van der Waals surface area contributed by atoms with Gasteiger partial charge in [-0.2, -0.15) is 4.98 Å². The second-order valence-corrected chi connectivity index (χ2v) is 11.5. The average Bonchev–Trinajstić information content (AvgIpc) is 3.09. The smallest absolute Gasteiger partial charge is 0.253 e. The normalized spacial score (nSPS) is 13.7. The number of aromatic nitrogens is 2. The van der Waals surface area contributed by atoms with Crippen molar-refractivity contribution in [2.24, 2.45) is 0 Å². The molecule has 4 rings (SSSR count). The standard InChI is InChI=1S/C34H45ClN6O5/c1-4-26(42)8-7-18-45-20-21-46-19-17-41-15-13-24(14-16-41)25-11-12-30(31(22-25)44-3)39-34-37-23-28(35)32(40-34)38-29-10-6-5-9-27(29)33(43)36-2/h5-6,9-12,22-24H,4,7-8,13-21H2,1-3H3,(H,36,43)(H2,37,38,39,40). The van der Waals surface area contributed by atoms with Gasteiger partial charge >= 0.3 is 0 Å². The lowest BCUT2D eigenvalue weighted by molar-refractivity contribution is -0.119. The van der Waals surface area contributed by atoms with Gasteiger partial charge in [0.15, 0.2) is 5.82 Å². The van der Waals surface area contributed by atoms with Crippen molar-refractivity contribution < 1.29 is 23.8 Å². The number of carbonyl (C=O) groups excluding carboxylic acids is 2. The molecule has 11 nitrogen and oxygen atoms in total. The first-order valence-electron chi connectivity index (χ1n) is 15.9. The maximum absolute atomic E-state index is 12.3. The number of hydrogen-bond acceptors (Lipinski definition) is 10. The highest BCUT2D eigenvalue weighted by molar-refractivity contribution is 6.33. The molecule has 0 aliphatic carbocycles. The van der Waals surface area contributed by atoms with Gasteiger partial charge in [-0.05, 0) is 68.1 Å². The van der Waals surface area contributed by atoms with E-state index in [1.54, 1.807) is 32.4 Å². The molecule has 46 heavy (non-hydrogen) atoms. The molecule has 0 spiro atoms. The third-order valence-corrected chi connectivity index (χ3v) is 8.27. The van der Waals surface area contributed by atoms with Gasteiger partial charge in [-0.15, -0.1) is 0 Å². The maximum atomic E-state index is 12.3. The summed E-state index contributed by atoms with van der Waals surface area (Å²) in [6, 6.07) is 13.3. The Morgan fingerprint density at radius 2 is 1.76 bits per heavy atom. The molecule has 0 atom stereocenters. The van der Waals surface area contributed by atoms with Crippen LogP contribution in [0, 0.1) is 0 Å². The number of methoxy groups -OCH3 is 1. The fourth-order valence-corrected chi connectivity index (χ4v) is 5.44. The van der Waals surface area contributed by atoms with Gasteiger partial charge in [0.2, 0.25) is 5.95 Å². The highest BCUT2D eigenvalue weighted by Crippen LogP contribution is 2.35. The molecular formula is C34H45ClN6O5. The van der Waals surface area contributed by atoms with Crippen LogP contribution in [0.2, 0.25) is 5.02 Å². The van der Waals surface area contributed by atoms with Gasteiger partial charge in [-0.25, -0.2) is 4.98 Å². The summed E-state index contributed by atoms with van der Waals surface area (Å²) in [6.45, 7) is 7.23. The molecule has 0 radical (unpaired) electrons. The van der Waals surface area contributed by atoms with Crippen LogP contribution in [0.25, 0.3) is 0 Å². The van der Waals surface area contributed by atoms with Crippen molar-refractivity contribution in [3.63, 3.8) is 0 Å². The van der Waals surface area contributed by atoms with Crippen molar-refractivity contribution in [3.8, 4) is 5.75 Å². The van der Waals surface area contributed by atoms with E-state index in [9.17, 15) is 9.59 Å². The minimum atomic E-state index is -0.220. The van der Waals surface area contributed by atoms with E-state index >= 15 is 0 Å². The number of para-hydroxylation sites is 1. The zero-order valence-corrected chi connectivity index (χ0v) is 27.7. The minimum absolute atomic E-state index is 0.220. The van der Waals surface area contributed by atoms with Gasteiger partial charge < -0.3 is 35.1 Å². The van der Waals surface area contributed by atoms with Crippen molar-refractivity contribution in [2.75, 3.05) is 70.9 Å². The van der Waals surface area contributed by atoms with Crippen molar-refractivity contribution >= 4 is 46.4 Å². The van der Waals surface area contributed by atoms with Crippen molar-refractivity contribution in [3.05, 3.63) is 64.8 Å². The molecule has 3 N–H and O–H groups in total. The lowest BCUT2D eigenvalue weighted by Crippen LogP contribution is -2.35. The summed E-state index contributed by atoms with van der Waals surface area (Å²) in [6.07, 6.45) is 5.59. The quantitative estimate of drug-likeness (QED) is 0.142. The van der Waals surface area contributed by atoms with Crippen molar-refractivity contribution in [1.29, 1.82) is 0 Å². The lowest BCUT2D eigenvalue weighted by atomic mass is 9.89. The summed E-state index contributed by atoms with van der Waals surface area (Å²) >= 11 is 6.40. The number of anilines is 4. The van der Waals surface area contributed by atoms with E-state index in [0.29, 0.717) is 79.0 Å². The van der Waals surface area contributed by atoms with Crippen LogP contribution in [0.3, 0.4) is 0 Å². The zero-order chi connectivity index (χ0) is 32.7. The molecule has 3 aromatic rings. The molecule has 12 heteroatoms. The first kappa shape index (κ1) is 35.1. The molecule has 1 aliphatic heterocycles. The molecule has 248 valence electrons. The first-order valence-corrected chi connectivity index (χ1v) is 16.2. The van der Waals surface area contributed by atoms with E-state index in [4.69, 9.17) is 25.8 Å². The van der Waals surface area contributed by atoms with Crippen LogP contribution >= 0.6 is 11.6 Å².